The number of benzene rings is 1. The highest BCUT2D eigenvalue weighted by atomic mass is 16.5. The van der Waals surface area contributed by atoms with Gasteiger partial charge in [0.25, 0.3) is 0 Å². The van der Waals surface area contributed by atoms with E-state index < -0.39 is 0 Å². The Kier molecular flexibility index (Phi) is 4.53. The van der Waals surface area contributed by atoms with Gasteiger partial charge in [0.1, 0.15) is 17.2 Å². The number of aromatic nitrogens is 1. The largest absolute Gasteiger partial charge is 0.497 e. The van der Waals surface area contributed by atoms with Crippen LogP contribution in [0.2, 0.25) is 0 Å². The van der Waals surface area contributed by atoms with Crippen molar-refractivity contribution in [3.8, 4) is 22.8 Å². The van der Waals surface area contributed by atoms with Crippen LogP contribution in [0.25, 0.3) is 11.3 Å². The van der Waals surface area contributed by atoms with Crippen LogP contribution in [-0.4, -0.2) is 24.7 Å². The highest BCUT2D eigenvalue weighted by Gasteiger charge is 2.18. The summed E-state index contributed by atoms with van der Waals surface area (Å²) in [7, 11) is 3.27. The van der Waals surface area contributed by atoms with Crippen molar-refractivity contribution in [3.63, 3.8) is 0 Å². The number of methoxy groups -OCH3 is 2. The van der Waals surface area contributed by atoms with Gasteiger partial charge >= 0.3 is 0 Å². The molecule has 114 valence electrons. The fraction of sp³-hybridized carbons (Fsp3) is 0.438. The van der Waals surface area contributed by atoms with Gasteiger partial charge in [-0.05, 0) is 39.0 Å². The summed E-state index contributed by atoms with van der Waals surface area (Å²) < 4.78 is 16.2. The SMILES string of the molecule is COc1ccc(OC)c(-c2ocnc2CNC(C)(C)C)c1. The van der Waals surface area contributed by atoms with Gasteiger partial charge in [0.05, 0.1) is 19.8 Å². The Bertz CT molecular complexity index is 600. The summed E-state index contributed by atoms with van der Waals surface area (Å²) in [6, 6.07) is 5.60. The second-order valence-electron chi connectivity index (χ2n) is 5.80. The van der Waals surface area contributed by atoms with Crippen molar-refractivity contribution in [3.05, 3.63) is 30.3 Å². The topological polar surface area (TPSA) is 56.5 Å². The number of nitrogens with one attached hydrogen (secondary N) is 1. The molecule has 2 rings (SSSR count). The van der Waals surface area contributed by atoms with E-state index >= 15 is 0 Å². The zero-order chi connectivity index (χ0) is 15.5. The first-order valence-corrected chi connectivity index (χ1v) is 6.84. The van der Waals surface area contributed by atoms with E-state index in [1.165, 1.54) is 6.39 Å². The predicted octanol–water partition coefficient (Wildman–Crippen LogP) is 3.25. The number of nitrogens with zero attached hydrogens (tertiary/aromatic N) is 1. The molecule has 5 heteroatoms. The van der Waals surface area contributed by atoms with Crippen LogP contribution in [0.5, 0.6) is 11.5 Å². The molecule has 2 aromatic rings. The summed E-state index contributed by atoms with van der Waals surface area (Å²) in [5.41, 5.74) is 1.69. The van der Waals surface area contributed by atoms with Gasteiger partial charge in [0.15, 0.2) is 12.2 Å². The van der Waals surface area contributed by atoms with E-state index in [0.29, 0.717) is 12.3 Å². The van der Waals surface area contributed by atoms with Gasteiger partial charge in [-0.1, -0.05) is 0 Å². The van der Waals surface area contributed by atoms with Gasteiger partial charge in [-0.3, -0.25) is 0 Å². The first-order valence-electron chi connectivity index (χ1n) is 6.84. The fourth-order valence-corrected chi connectivity index (χ4v) is 1.95. The summed E-state index contributed by atoms with van der Waals surface area (Å²) >= 11 is 0. The molecular weight excluding hydrogens is 268 g/mol. The molecule has 21 heavy (non-hydrogen) atoms. The van der Waals surface area contributed by atoms with Gasteiger partial charge in [-0.15, -0.1) is 0 Å². The molecule has 0 fully saturated rings. The quantitative estimate of drug-likeness (QED) is 0.916. The minimum Gasteiger partial charge on any atom is -0.497 e. The van der Waals surface area contributed by atoms with E-state index in [9.17, 15) is 0 Å². The number of ether oxygens (including phenoxy) is 2. The normalized spacial score (nSPS) is 11.5. The maximum atomic E-state index is 5.57. The molecule has 1 heterocycles. The number of hydrogen-bond acceptors (Lipinski definition) is 5. The Labute approximate surface area is 125 Å². The van der Waals surface area contributed by atoms with Gasteiger partial charge in [-0.2, -0.15) is 0 Å². The Morgan fingerprint density at radius 2 is 1.95 bits per heavy atom. The molecule has 0 bridgehead atoms. The fourth-order valence-electron chi connectivity index (χ4n) is 1.95. The second-order valence-corrected chi connectivity index (χ2v) is 5.80. The summed E-state index contributed by atoms with van der Waals surface area (Å²) in [6.45, 7) is 6.95. The Morgan fingerprint density at radius 3 is 2.57 bits per heavy atom. The molecule has 0 atom stereocenters. The van der Waals surface area contributed by atoms with E-state index in [1.54, 1.807) is 14.2 Å². The third-order valence-electron chi connectivity index (χ3n) is 3.08. The molecule has 5 nitrogen and oxygen atoms in total. The lowest BCUT2D eigenvalue weighted by Gasteiger charge is -2.20. The zero-order valence-electron chi connectivity index (χ0n) is 13.2. The van der Waals surface area contributed by atoms with Crippen LogP contribution in [0.15, 0.2) is 29.0 Å². The number of rotatable bonds is 5. The second kappa shape index (κ2) is 6.18. The zero-order valence-corrected chi connectivity index (χ0v) is 13.2. The van der Waals surface area contributed by atoms with Crippen molar-refractivity contribution in [1.29, 1.82) is 0 Å². The molecule has 0 unspecified atom stereocenters. The molecule has 0 spiro atoms. The van der Waals surface area contributed by atoms with E-state index in [4.69, 9.17) is 13.9 Å². The Balaban J connectivity index is 2.36. The first-order chi connectivity index (χ1) is 9.94. The maximum Gasteiger partial charge on any atom is 0.181 e. The highest BCUT2D eigenvalue weighted by Crippen LogP contribution is 2.35. The molecule has 0 saturated carbocycles. The summed E-state index contributed by atoms with van der Waals surface area (Å²) in [5, 5.41) is 3.41. The van der Waals surface area contributed by atoms with Gasteiger partial charge < -0.3 is 19.2 Å². The number of oxazole rings is 1. The molecule has 0 radical (unpaired) electrons. The third kappa shape index (κ3) is 3.76. The van der Waals surface area contributed by atoms with Crippen LogP contribution < -0.4 is 14.8 Å². The van der Waals surface area contributed by atoms with E-state index in [0.717, 1.165) is 22.8 Å². The van der Waals surface area contributed by atoms with Crippen LogP contribution in [0.1, 0.15) is 26.5 Å². The average molecular weight is 290 g/mol. The molecular formula is C16H22N2O3. The van der Waals surface area contributed by atoms with E-state index in [-0.39, 0.29) is 5.54 Å². The molecule has 0 aliphatic heterocycles. The van der Waals surface area contributed by atoms with Crippen molar-refractivity contribution < 1.29 is 13.9 Å². The predicted molar refractivity (Wildman–Crippen MR) is 81.6 cm³/mol. The summed E-state index contributed by atoms with van der Waals surface area (Å²) in [6.07, 6.45) is 1.45. The van der Waals surface area contributed by atoms with Crippen LogP contribution in [0.4, 0.5) is 0 Å². The summed E-state index contributed by atoms with van der Waals surface area (Å²) in [5.74, 6) is 2.17. The molecule has 0 amide bonds. The Morgan fingerprint density at radius 1 is 1.19 bits per heavy atom. The molecule has 0 aliphatic rings. The molecule has 0 aliphatic carbocycles. The molecule has 0 saturated heterocycles. The molecule has 1 N–H and O–H groups in total. The van der Waals surface area contributed by atoms with Crippen LogP contribution in [0, 0.1) is 0 Å². The smallest absolute Gasteiger partial charge is 0.181 e. The lowest BCUT2D eigenvalue weighted by molar-refractivity contribution is 0.402. The first kappa shape index (κ1) is 15.4. The minimum atomic E-state index is 0.00862. The van der Waals surface area contributed by atoms with E-state index in [2.05, 4.69) is 31.1 Å². The molecule has 1 aromatic heterocycles. The maximum absolute atomic E-state index is 5.57. The van der Waals surface area contributed by atoms with Crippen molar-refractivity contribution in [2.24, 2.45) is 0 Å². The van der Waals surface area contributed by atoms with E-state index in [1.807, 2.05) is 18.2 Å². The third-order valence-corrected chi connectivity index (χ3v) is 3.08. The molecule has 1 aromatic carbocycles. The minimum absolute atomic E-state index is 0.00862. The monoisotopic (exact) mass is 290 g/mol. The van der Waals surface area contributed by atoms with Crippen molar-refractivity contribution in [1.82, 2.24) is 10.3 Å². The van der Waals surface area contributed by atoms with Gasteiger partial charge in [0.2, 0.25) is 0 Å². The van der Waals surface area contributed by atoms with Crippen molar-refractivity contribution in [2.75, 3.05) is 14.2 Å². The van der Waals surface area contributed by atoms with Crippen LogP contribution >= 0.6 is 0 Å². The highest BCUT2D eigenvalue weighted by molar-refractivity contribution is 5.69. The lowest BCUT2D eigenvalue weighted by atomic mass is 10.1. The van der Waals surface area contributed by atoms with Gasteiger partial charge in [0, 0.05) is 12.1 Å². The average Bonchev–Trinajstić information content (AvgIpc) is 2.92. The van der Waals surface area contributed by atoms with Crippen molar-refractivity contribution in [2.45, 2.75) is 32.9 Å². The summed E-state index contributed by atoms with van der Waals surface area (Å²) in [4.78, 5) is 4.30. The van der Waals surface area contributed by atoms with Gasteiger partial charge in [-0.25, -0.2) is 4.98 Å². The Hall–Kier alpha value is -2.01. The van der Waals surface area contributed by atoms with Crippen LogP contribution in [0.3, 0.4) is 0 Å². The number of hydrogen-bond donors (Lipinski definition) is 1. The lowest BCUT2D eigenvalue weighted by Crippen LogP contribution is -2.35. The van der Waals surface area contributed by atoms with Crippen LogP contribution in [-0.2, 0) is 6.54 Å². The van der Waals surface area contributed by atoms with Crippen molar-refractivity contribution >= 4 is 0 Å². The standard InChI is InChI=1S/C16H22N2O3/c1-16(2,3)18-9-13-15(21-10-17-13)12-8-11(19-4)6-7-14(12)20-5/h6-8,10,18H,9H2,1-5H3.